The van der Waals surface area contributed by atoms with Crippen LogP contribution in [0.2, 0.25) is 0 Å². The van der Waals surface area contributed by atoms with E-state index in [0.29, 0.717) is 28.8 Å². The van der Waals surface area contributed by atoms with E-state index in [-0.39, 0.29) is 12.4 Å². The number of carbonyl (C=O) groups is 2. The van der Waals surface area contributed by atoms with Gasteiger partial charge in [-0.05, 0) is 31.9 Å². The number of aromatic amines is 1. The monoisotopic (exact) mass is 374 g/mol. The summed E-state index contributed by atoms with van der Waals surface area (Å²) >= 11 is 0. The van der Waals surface area contributed by atoms with Gasteiger partial charge in [-0.1, -0.05) is 5.10 Å². The van der Waals surface area contributed by atoms with Gasteiger partial charge in [0.05, 0.1) is 17.1 Å². The number of H-pyrrole nitrogens is 1. The number of aryl methyl sites for hydroxylation is 2. The van der Waals surface area contributed by atoms with Crippen LogP contribution in [0.1, 0.15) is 40.7 Å². The molecule has 3 aromatic rings. The van der Waals surface area contributed by atoms with Crippen LogP contribution in [0, 0.1) is 13.8 Å². The number of carboxylic acid groups (broad SMARTS) is 1. The van der Waals surface area contributed by atoms with Crippen LogP contribution in [0.15, 0.2) is 0 Å². The number of nitrogens with one attached hydrogen (secondary N) is 2. The number of fused-ring (bicyclic) bond motifs is 1. The van der Waals surface area contributed by atoms with Crippen molar-refractivity contribution >= 4 is 18.1 Å². The largest absolute Gasteiger partial charge is 0.483 e. The minimum Gasteiger partial charge on any atom is -0.483 e. The van der Waals surface area contributed by atoms with Gasteiger partial charge in [0.15, 0.2) is 0 Å². The number of nitrogens with zero attached hydrogens (tertiary/aromatic N) is 8. The van der Waals surface area contributed by atoms with Crippen LogP contribution in [0.25, 0.3) is 5.95 Å². The Bertz CT molecular complexity index is 943. The fraction of sp³-hybridized carbons (Fsp3) is 0.429. The molecule has 0 radical (unpaired) electrons. The zero-order valence-corrected chi connectivity index (χ0v) is 14.7. The standard InChI is InChI=1S/C13H16N10O.CH2O2/c1-7-10(8(2)23(19-7)13-17-20-21-18-13)14-12(24)11-16-15-9-5-3-4-6-22(9)11;2-1-3/h3-6H2,1-2H3,(H,14,24)(H,17,18,20,21);1H,(H,2,3). The van der Waals surface area contributed by atoms with Gasteiger partial charge in [-0.3, -0.25) is 9.59 Å². The fourth-order valence-electron chi connectivity index (χ4n) is 2.91. The molecular formula is C14H18N10O3. The SMILES string of the molecule is Cc1nn(-c2nn[nH]n2)c(C)c1NC(=O)c1nnc2n1CCCC2.O=CO. The maximum atomic E-state index is 12.6. The van der Waals surface area contributed by atoms with E-state index in [2.05, 4.69) is 41.2 Å². The third-order valence-corrected chi connectivity index (χ3v) is 4.12. The summed E-state index contributed by atoms with van der Waals surface area (Å²) in [4.78, 5) is 21.0. The highest BCUT2D eigenvalue weighted by Crippen LogP contribution is 2.22. The Morgan fingerprint density at radius 1 is 1.26 bits per heavy atom. The molecule has 1 amide bonds. The first-order valence-electron chi connectivity index (χ1n) is 8.18. The highest BCUT2D eigenvalue weighted by atomic mass is 16.3. The van der Waals surface area contributed by atoms with E-state index < -0.39 is 0 Å². The molecule has 0 unspecified atom stereocenters. The smallest absolute Gasteiger partial charge is 0.293 e. The van der Waals surface area contributed by atoms with Crippen molar-refractivity contribution in [3.05, 3.63) is 23.0 Å². The predicted octanol–water partition coefficient (Wildman–Crippen LogP) is -0.117. The summed E-state index contributed by atoms with van der Waals surface area (Å²) in [6.07, 6.45) is 2.96. The van der Waals surface area contributed by atoms with Crippen molar-refractivity contribution < 1.29 is 14.7 Å². The first-order valence-corrected chi connectivity index (χ1v) is 8.18. The molecule has 4 heterocycles. The molecule has 1 aliphatic heterocycles. The highest BCUT2D eigenvalue weighted by Gasteiger charge is 2.23. The van der Waals surface area contributed by atoms with Crippen molar-refractivity contribution in [1.29, 1.82) is 0 Å². The summed E-state index contributed by atoms with van der Waals surface area (Å²) in [6, 6.07) is 0. The molecule has 13 nitrogen and oxygen atoms in total. The molecule has 3 aromatic heterocycles. The van der Waals surface area contributed by atoms with Gasteiger partial charge in [-0.2, -0.15) is 15.0 Å². The fourth-order valence-corrected chi connectivity index (χ4v) is 2.91. The van der Waals surface area contributed by atoms with E-state index in [1.54, 1.807) is 6.92 Å². The molecule has 0 spiro atoms. The molecule has 0 saturated carbocycles. The zero-order chi connectivity index (χ0) is 19.4. The molecule has 1 aliphatic rings. The minimum atomic E-state index is -0.297. The summed E-state index contributed by atoms with van der Waals surface area (Å²) in [7, 11) is 0. The lowest BCUT2D eigenvalue weighted by Gasteiger charge is -2.14. The zero-order valence-electron chi connectivity index (χ0n) is 14.7. The van der Waals surface area contributed by atoms with Gasteiger partial charge in [0.1, 0.15) is 5.82 Å². The first-order chi connectivity index (χ1) is 13.1. The van der Waals surface area contributed by atoms with Gasteiger partial charge in [0.2, 0.25) is 5.82 Å². The van der Waals surface area contributed by atoms with Gasteiger partial charge in [0.25, 0.3) is 18.3 Å². The van der Waals surface area contributed by atoms with Gasteiger partial charge in [-0.25, -0.2) is 0 Å². The Kier molecular flexibility index (Phi) is 5.19. The molecule has 3 N–H and O–H groups in total. The average Bonchev–Trinajstić information content (AvgIpc) is 3.38. The maximum absolute atomic E-state index is 12.6. The summed E-state index contributed by atoms with van der Waals surface area (Å²) in [5.74, 6) is 1.21. The topological polar surface area (TPSA) is 169 Å². The van der Waals surface area contributed by atoms with Gasteiger partial charge in [0, 0.05) is 13.0 Å². The highest BCUT2D eigenvalue weighted by molar-refractivity contribution is 6.02. The molecule has 0 bridgehead atoms. The number of amides is 1. The van der Waals surface area contributed by atoms with Crippen molar-refractivity contribution in [2.24, 2.45) is 0 Å². The molecule has 0 aromatic carbocycles. The maximum Gasteiger partial charge on any atom is 0.293 e. The summed E-state index contributed by atoms with van der Waals surface area (Å²) < 4.78 is 3.40. The summed E-state index contributed by atoms with van der Waals surface area (Å²) in [5, 5.41) is 36.0. The third kappa shape index (κ3) is 3.51. The second-order valence-electron chi connectivity index (χ2n) is 5.78. The van der Waals surface area contributed by atoms with Crippen LogP contribution in [0.3, 0.4) is 0 Å². The number of hydrogen-bond donors (Lipinski definition) is 3. The Morgan fingerprint density at radius 3 is 2.74 bits per heavy atom. The molecule has 0 aliphatic carbocycles. The number of tetrazole rings is 1. The van der Waals surface area contributed by atoms with E-state index in [1.165, 1.54) is 4.68 Å². The Labute approximate surface area is 152 Å². The van der Waals surface area contributed by atoms with E-state index in [1.807, 2.05) is 11.5 Å². The molecule has 4 rings (SSSR count). The lowest BCUT2D eigenvalue weighted by atomic mass is 10.1. The molecular weight excluding hydrogens is 356 g/mol. The quantitative estimate of drug-likeness (QED) is 0.529. The van der Waals surface area contributed by atoms with Crippen LogP contribution in [-0.2, 0) is 17.8 Å². The minimum absolute atomic E-state index is 0.250. The number of aromatic nitrogens is 9. The van der Waals surface area contributed by atoms with E-state index >= 15 is 0 Å². The van der Waals surface area contributed by atoms with E-state index in [4.69, 9.17) is 9.90 Å². The van der Waals surface area contributed by atoms with E-state index in [9.17, 15) is 4.79 Å². The van der Waals surface area contributed by atoms with Crippen LogP contribution >= 0.6 is 0 Å². The van der Waals surface area contributed by atoms with Gasteiger partial charge < -0.3 is 15.0 Å². The lowest BCUT2D eigenvalue weighted by molar-refractivity contribution is -0.122. The molecule has 27 heavy (non-hydrogen) atoms. The van der Waals surface area contributed by atoms with Crippen LogP contribution in [0.5, 0.6) is 0 Å². The van der Waals surface area contributed by atoms with E-state index in [0.717, 1.165) is 31.6 Å². The molecule has 0 saturated heterocycles. The van der Waals surface area contributed by atoms with Crippen molar-refractivity contribution in [1.82, 2.24) is 45.2 Å². The van der Waals surface area contributed by atoms with Gasteiger partial charge in [-0.15, -0.1) is 15.3 Å². The number of hydrogen-bond acceptors (Lipinski definition) is 8. The molecule has 142 valence electrons. The Balaban J connectivity index is 0.000000659. The first kappa shape index (κ1) is 18.2. The average molecular weight is 374 g/mol. The number of anilines is 1. The second kappa shape index (κ2) is 7.72. The Hall–Kier alpha value is -3.64. The summed E-state index contributed by atoms with van der Waals surface area (Å²) in [5.41, 5.74) is 1.97. The van der Waals surface area contributed by atoms with Crippen molar-refractivity contribution in [2.75, 3.05) is 5.32 Å². The Morgan fingerprint density at radius 2 is 2.04 bits per heavy atom. The number of carbonyl (C=O) groups excluding carboxylic acids is 1. The lowest BCUT2D eigenvalue weighted by Crippen LogP contribution is -2.21. The van der Waals surface area contributed by atoms with Crippen LogP contribution in [0.4, 0.5) is 5.69 Å². The normalized spacial score (nSPS) is 12.7. The van der Waals surface area contributed by atoms with Crippen molar-refractivity contribution in [2.45, 2.75) is 39.7 Å². The second-order valence-corrected chi connectivity index (χ2v) is 5.78. The molecule has 0 atom stereocenters. The predicted molar refractivity (Wildman–Crippen MR) is 90.4 cm³/mol. The molecule has 13 heteroatoms. The van der Waals surface area contributed by atoms with Crippen LogP contribution in [-0.4, -0.2) is 62.7 Å². The third-order valence-electron chi connectivity index (χ3n) is 4.12. The van der Waals surface area contributed by atoms with Crippen molar-refractivity contribution in [3.8, 4) is 5.95 Å². The number of rotatable bonds is 3. The van der Waals surface area contributed by atoms with Crippen molar-refractivity contribution in [3.63, 3.8) is 0 Å². The van der Waals surface area contributed by atoms with Gasteiger partial charge >= 0.3 is 0 Å². The summed E-state index contributed by atoms with van der Waals surface area (Å²) in [6.45, 7) is 4.15. The van der Waals surface area contributed by atoms with Crippen LogP contribution < -0.4 is 5.32 Å². The molecule has 0 fully saturated rings.